The molecule has 0 saturated carbocycles. The van der Waals surface area contributed by atoms with Gasteiger partial charge >= 0.3 is 17.4 Å². The van der Waals surface area contributed by atoms with E-state index in [2.05, 4.69) is 42.5 Å². The van der Waals surface area contributed by atoms with E-state index < -0.39 is 0 Å². The van der Waals surface area contributed by atoms with Crippen LogP contribution < -0.4 is 0 Å². The van der Waals surface area contributed by atoms with Crippen LogP contribution in [0.25, 0.3) is 10.8 Å². The van der Waals surface area contributed by atoms with Gasteiger partial charge in [0.1, 0.15) is 0 Å². The Morgan fingerprint density at radius 3 is 2.60 bits per heavy atom. The zero-order valence-corrected chi connectivity index (χ0v) is 6.72. The fraction of sp³-hybridized carbons (Fsp3) is 0. The van der Waals surface area contributed by atoms with Crippen LogP contribution in [0.1, 0.15) is 0 Å². The number of fused-ring (bicyclic) bond motifs is 1. The van der Waals surface area contributed by atoms with Crippen molar-refractivity contribution in [3.63, 3.8) is 0 Å². The van der Waals surface area contributed by atoms with Crippen LogP contribution in [0.3, 0.4) is 0 Å². The molecule has 0 atom stereocenters. The first kappa shape index (κ1) is 7.47. The van der Waals surface area contributed by atoms with Gasteiger partial charge < -0.3 is 0 Å². The molecule has 10 heavy (non-hydrogen) atoms. The van der Waals surface area contributed by atoms with Crippen molar-refractivity contribution in [2.75, 3.05) is 0 Å². The summed E-state index contributed by atoms with van der Waals surface area (Å²) in [6.45, 7) is 0. The molecule has 0 saturated heterocycles. The summed E-state index contributed by atoms with van der Waals surface area (Å²) in [5.74, 6) is 0. The number of benzene rings is 1. The Bertz CT molecular complexity index is 279. The summed E-state index contributed by atoms with van der Waals surface area (Å²) in [5.41, 5.74) is 0. The maximum absolute atomic E-state index is 2.12. The molecule has 0 aromatic heterocycles. The third-order valence-corrected chi connectivity index (χ3v) is 1.55. The Hall–Kier alpha value is -0.638. The van der Waals surface area contributed by atoms with Gasteiger partial charge in [0.05, 0.1) is 0 Å². The molecule has 0 spiro atoms. The van der Waals surface area contributed by atoms with E-state index in [1.165, 1.54) is 10.8 Å². The summed E-state index contributed by atoms with van der Waals surface area (Å²) in [6.07, 6.45) is 0. The average Bonchev–Trinajstić information content (AvgIpc) is 2.33. The number of rotatable bonds is 0. The van der Waals surface area contributed by atoms with E-state index in [0.29, 0.717) is 0 Å². The van der Waals surface area contributed by atoms with E-state index in [0.717, 1.165) is 0 Å². The molecule has 2 rings (SSSR count). The molecule has 0 nitrogen and oxygen atoms in total. The van der Waals surface area contributed by atoms with Gasteiger partial charge in [0.25, 0.3) is 0 Å². The molecule has 0 aliphatic heterocycles. The van der Waals surface area contributed by atoms with Crippen molar-refractivity contribution in [2.45, 2.75) is 0 Å². The summed E-state index contributed by atoms with van der Waals surface area (Å²) >= 11 is 0. The molecule has 0 aliphatic carbocycles. The molecule has 0 fully saturated rings. The molecule has 0 N–H and O–H groups in total. The van der Waals surface area contributed by atoms with Gasteiger partial charge in [-0.25, -0.2) is 0 Å². The number of hydrogen-bond donors (Lipinski definition) is 0. The minimum absolute atomic E-state index is 0. The van der Waals surface area contributed by atoms with Crippen LogP contribution in [0.15, 0.2) is 42.5 Å². The Morgan fingerprint density at radius 2 is 1.80 bits per heavy atom. The fourth-order valence-corrected chi connectivity index (χ4v) is 1.07. The first-order valence-electron chi connectivity index (χ1n) is 3.07. The molecule has 1 heteroatoms. The molecule has 0 heterocycles. The van der Waals surface area contributed by atoms with Gasteiger partial charge in [0.15, 0.2) is 0 Å². The van der Waals surface area contributed by atoms with Crippen molar-refractivity contribution in [2.24, 2.45) is 0 Å². The zero-order valence-electron chi connectivity index (χ0n) is 5.45. The molecule has 2 aromatic rings. The third kappa shape index (κ3) is 1.11. The first-order chi connectivity index (χ1) is 4.47. The van der Waals surface area contributed by atoms with Gasteiger partial charge in [-0.15, -0.1) is 29.7 Å². The van der Waals surface area contributed by atoms with E-state index in [4.69, 9.17) is 0 Å². The topological polar surface area (TPSA) is 0 Å². The van der Waals surface area contributed by atoms with Crippen LogP contribution in [0.4, 0.5) is 0 Å². The van der Waals surface area contributed by atoms with Crippen LogP contribution in [0, 0.1) is 0 Å². The Labute approximate surface area is 71.0 Å². The van der Waals surface area contributed by atoms with Crippen LogP contribution in [0.2, 0.25) is 0 Å². The molecular formula is C9H7Cr+. The summed E-state index contributed by atoms with van der Waals surface area (Å²) in [7, 11) is 0. The minimum Gasteiger partial charge on any atom is -0.168 e. The van der Waals surface area contributed by atoms with Crippen molar-refractivity contribution in [1.29, 1.82) is 0 Å². The molecule has 0 radical (unpaired) electrons. The predicted octanol–water partition coefficient (Wildman–Crippen LogP) is 2.56. The van der Waals surface area contributed by atoms with Crippen molar-refractivity contribution in [3.8, 4) is 0 Å². The normalized spacial score (nSPS) is 9.20. The monoisotopic (exact) mass is 167 g/mol. The van der Waals surface area contributed by atoms with Crippen molar-refractivity contribution in [1.82, 2.24) is 0 Å². The standard InChI is InChI=1S/C9H7.Cr/c1-2-5-9-7-3-6-8(9)4-1;/h1-7H;/q-1;+2. The maximum Gasteiger partial charge on any atom is 2.00 e. The van der Waals surface area contributed by atoms with Crippen LogP contribution >= 0.6 is 0 Å². The second-order valence-corrected chi connectivity index (χ2v) is 2.15. The second-order valence-electron chi connectivity index (χ2n) is 2.15. The molecular weight excluding hydrogens is 160 g/mol. The molecule has 0 unspecified atom stereocenters. The predicted molar refractivity (Wildman–Crippen MR) is 39.5 cm³/mol. The van der Waals surface area contributed by atoms with Crippen LogP contribution in [0.5, 0.6) is 0 Å². The van der Waals surface area contributed by atoms with Gasteiger partial charge in [0.2, 0.25) is 0 Å². The second kappa shape index (κ2) is 2.97. The first-order valence-corrected chi connectivity index (χ1v) is 3.07. The van der Waals surface area contributed by atoms with Crippen molar-refractivity contribution < 1.29 is 17.4 Å². The Kier molecular flexibility index (Phi) is 2.22. The molecule has 0 bridgehead atoms. The fourth-order valence-electron chi connectivity index (χ4n) is 1.07. The quantitative estimate of drug-likeness (QED) is 0.529. The van der Waals surface area contributed by atoms with E-state index in [1.807, 2.05) is 0 Å². The van der Waals surface area contributed by atoms with Gasteiger partial charge in [-0.2, -0.15) is 17.5 Å². The summed E-state index contributed by atoms with van der Waals surface area (Å²) < 4.78 is 0. The van der Waals surface area contributed by atoms with Crippen molar-refractivity contribution in [3.05, 3.63) is 42.5 Å². The average molecular weight is 167 g/mol. The molecule has 48 valence electrons. The summed E-state index contributed by atoms with van der Waals surface area (Å²) in [4.78, 5) is 0. The summed E-state index contributed by atoms with van der Waals surface area (Å²) in [6, 6.07) is 14.7. The summed E-state index contributed by atoms with van der Waals surface area (Å²) in [5, 5.41) is 2.66. The van der Waals surface area contributed by atoms with Crippen molar-refractivity contribution >= 4 is 10.8 Å². The van der Waals surface area contributed by atoms with E-state index in [-0.39, 0.29) is 17.4 Å². The number of hydrogen-bond acceptors (Lipinski definition) is 0. The third-order valence-electron chi connectivity index (χ3n) is 1.55. The molecule has 0 amide bonds. The maximum atomic E-state index is 2.12. The van der Waals surface area contributed by atoms with Gasteiger partial charge in [0, 0.05) is 0 Å². The van der Waals surface area contributed by atoms with Gasteiger partial charge in [-0.05, 0) is 0 Å². The smallest absolute Gasteiger partial charge is 0.168 e. The van der Waals surface area contributed by atoms with Crippen LogP contribution in [-0.2, 0) is 17.4 Å². The van der Waals surface area contributed by atoms with Crippen LogP contribution in [-0.4, -0.2) is 0 Å². The van der Waals surface area contributed by atoms with E-state index in [9.17, 15) is 0 Å². The minimum atomic E-state index is 0. The zero-order chi connectivity index (χ0) is 6.10. The van der Waals surface area contributed by atoms with E-state index >= 15 is 0 Å². The van der Waals surface area contributed by atoms with Gasteiger partial charge in [-0.3, -0.25) is 0 Å². The van der Waals surface area contributed by atoms with E-state index in [1.54, 1.807) is 0 Å². The largest absolute Gasteiger partial charge is 2.00 e. The Balaban J connectivity index is 0.000000500. The molecule has 0 aliphatic rings. The molecule has 2 aromatic carbocycles. The van der Waals surface area contributed by atoms with Gasteiger partial charge in [-0.1, -0.05) is 6.07 Å². The SMILES string of the molecule is [Cr+2].c1ccc2[cH-]ccc2c1. The Morgan fingerprint density at radius 1 is 1.00 bits per heavy atom.